The number of hydrazone groups is 1. The maximum atomic E-state index is 12.9. The van der Waals surface area contributed by atoms with Crippen LogP contribution in [0.25, 0.3) is 16.0 Å². The second kappa shape index (κ2) is 9.54. The number of furan rings is 1. The number of para-hydroxylation sites is 1. The smallest absolute Gasteiger partial charge is 0.341 e. The van der Waals surface area contributed by atoms with Gasteiger partial charge in [-0.2, -0.15) is 5.10 Å². The first-order chi connectivity index (χ1) is 17.0. The van der Waals surface area contributed by atoms with Gasteiger partial charge >= 0.3 is 11.9 Å². The molecule has 5 rings (SSSR count). The second-order valence-corrected chi connectivity index (χ2v) is 9.70. The van der Waals surface area contributed by atoms with Crippen LogP contribution in [-0.4, -0.2) is 29.3 Å². The number of benzene rings is 1. The average molecular weight is 490 g/mol. The zero-order valence-electron chi connectivity index (χ0n) is 20.0. The van der Waals surface area contributed by atoms with Gasteiger partial charge in [0.05, 0.1) is 18.4 Å². The predicted molar refractivity (Wildman–Crippen MR) is 137 cm³/mol. The number of nitrogens with one attached hydrogen (secondary N) is 1. The van der Waals surface area contributed by atoms with Crippen LogP contribution in [0.5, 0.6) is 0 Å². The van der Waals surface area contributed by atoms with Crippen LogP contribution in [0, 0.1) is 13.8 Å². The summed E-state index contributed by atoms with van der Waals surface area (Å²) in [6.07, 6.45) is 5.75. The number of carbonyl (C=O) groups excluding carboxylic acids is 2. The molecule has 0 fully saturated rings. The van der Waals surface area contributed by atoms with Gasteiger partial charge in [0.2, 0.25) is 0 Å². The number of hydrogen-bond donors (Lipinski definition) is 1. The van der Waals surface area contributed by atoms with Gasteiger partial charge in [-0.1, -0.05) is 18.2 Å². The van der Waals surface area contributed by atoms with Gasteiger partial charge in [0, 0.05) is 27.2 Å². The van der Waals surface area contributed by atoms with Crippen molar-refractivity contribution >= 4 is 40.4 Å². The number of hydrogen-bond acceptors (Lipinski definition) is 6. The van der Waals surface area contributed by atoms with E-state index in [0.29, 0.717) is 17.8 Å². The highest BCUT2D eigenvalue weighted by Crippen LogP contribution is 2.39. The minimum absolute atomic E-state index is 0.206. The Morgan fingerprint density at radius 2 is 2.00 bits per heavy atom. The molecule has 7 nitrogen and oxygen atoms in total. The van der Waals surface area contributed by atoms with Gasteiger partial charge < -0.3 is 13.7 Å². The fourth-order valence-electron chi connectivity index (χ4n) is 4.66. The summed E-state index contributed by atoms with van der Waals surface area (Å²) in [5.41, 5.74) is 7.80. The molecule has 0 saturated heterocycles. The van der Waals surface area contributed by atoms with Crippen molar-refractivity contribution in [1.82, 2.24) is 9.99 Å². The highest BCUT2D eigenvalue weighted by Gasteiger charge is 2.28. The van der Waals surface area contributed by atoms with Gasteiger partial charge in [0.1, 0.15) is 10.6 Å². The number of nitrogens with zero attached hydrogens (tertiary/aromatic N) is 2. The summed E-state index contributed by atoms with van der Waals surface area (Å²) in [7, 11) is 0. The zero-order chi connectivity index (χ0) is 24.5. The summed E-state index contributed by atoms with van der Waals surface area (Å²) in [4.78, 5) is 26.7. The number of thiophene rings is 1. The average Bonchev–Trinajstić information content (AvgIpc) is 3.52. The largest absolute Gasteiger partial charge is 0.462 e. The van der Waals surface area contributed by atoms with Crippen LogP contribution in [0.4, 0.5) is 0 Å². The van der Waals surface area contributed by atoms with Crippen molar-refractivity contribution in [3.05, 3.63) is 75.1 Å². The quantitative estimate of drug-likeness (QED) is 0.213. The van der Waals surface area contributed by atoms with E-state index in [0.717, 1.165) is 58.6 Å². The number of aryl methyl sites for hydroxylation is 2. The Bertz CT molecular complexity index is 1420. The number of fused-ring (bicyclic) bond motifs is 2. The maximum absolute atomic E-state index is 12.9. The second-order valence-electron chi connectivity index (χ2n) is 8.62. The molecule has 35 heavy (non-hydrogen) atoms. The van der Waals surface area contributed by atoms with Crippen molar-refractivity contribution < 1.29 is 18.7 Å². The molecule has 180 valence electrons. The molecule has 8 heteroatoms. The number of ether oxygens (including phenoxy) is 1. The summed E-state index contributed by atoms with van der Waals surface area (Å²) < 4.78 is 13.1. The van der Waals surface area contributed by atoms with Gasteiger partial charge in [-0.05, 0) is 70.2 Å². The first-order valence-electron chi connectivity index (χ1n) is 11.8. The number of rotatable bonds is 6. The molecule has 3 aromatic heterocycles. The predicted octanol–water partition coefficient (Wildman–Crippen LogP) is 5.72. The lowest BCUT2D eigenvalue weighted by molar-refractivity contribution is 0.0525. The SMILES string of the molecule is CCOC(=O)c1c(-n2c(C)cc(C=NNC(=O)c3cc4ccccc4o3)c2C)sc2c1CCCC2. The summed E-state index contributed by atoms with van der Waals surface area (Å²) >= 11 is 1.67. The molecule has 0 saturated carbocycles. The van der Waals surface area contributed by atoms with Crippen LogP contribution in [0.1, 0.15) is 68.1 Å². The molecule has 0 unspecified atom stereocenters. The molecule has 0 atom stereocenters. The highest BCUT2D eigenvalue weighted by molar-refractivity contribution is 7.15. The number of amides is 1. The Balaban J connectivity index is 1.42. The van der Waals surface area contributed by atoms with Crippen molar-refractivity contribution in [1.29, 1.82) is 0 Å². The standard InChI is InChI=1S/C27H27N3O4S/c1-4-33-27(32)24-20-10-6-8-12-23(20)35-26(24)30-16(2)13-19(17(30)3)15-28-29-25(31)22-14-18-9-5-7-11-21(18)34-22/h5,7,9,11,13-15H,4,6,8,10,12H2,1-3H3,(H,29,31). The first kappa shape index (κ1) is 23.1. The third-order valence-corrected chi connectivity index (χ3v) is 7.60. The molecule has 0 aliphatic heterocycles. The third-order valence-electron chi connectivity index (χ3n) is 6.32. The van der Waals surface area contributed by atoms with Crippen molar-refractivity contribution in [3.63, 3.8) is 0 Å². The minimum Gasteiger partial charge on any atom is -0.462 e. The normalized spacial score (nSPS) is 13.3. The monoisotopic (exact) mass is 489 g/mol. The molecule has 4 aromatic rings. The van der Waals surface area contributed by atoms with E-state index >= 15 is 0 Å². The summed E-state index contributed by atoms with van der Waals surface area (Å²) in [6, 6.07) is 11.2. The summed E-state index contributed by atoms with van der Waals surface area (Å²) in [5.74, 6) is -0.471. The van der Waals surface area contributed by atoms with Crippen LogP contribution < -0.4 is 5.43 Å². The van der Waals surface area contributed by atoms with Crippen molar-refractivity contribution in [2.45, 2.75) is 46.5 Å². The molecule has 0 radical (unpaired) electrons. The lowest BCUT2D eigenvalue weighted by atomic mass is 9.95. The Morgan fingerprint density at radius 1 is 1.20 bits per heavy atom. The summed E-state index contributed by atoms with van der Waals surface area (Å²) in [6.45, 7) is 6.17. The Kier molecular flexibility index (Phi) is 6.30. The first-order valence-corrected chi connectivity index (χ1v) is 12.6. The van der Waals surface area contributed by atoms with Crippen molar-refractivity contribution in [3.8, 4) is 5.00 Å². The molecular weight excluding hydrogens is 462 g/mol. The van der Waals surface area contributed by atoms with Gasteiger partial charge in [-0.15, -0.1) is 11.3 Å². The van der Waals surface area contributed by atoms with E-state index in [2.05, 4.69) is 15.1 Å². The third kappa shape index (κ3) is 4.30. The van der Waals surface area contributed by atoms with Crippen molar-refractivity contribution in [2.24, 2.45) is 5.10 Å². The maximum Gasteiger partial charge on any atom is 0.341 e. The molecule has 0 bridgehead atoms. The number of carbonyl (C=O) groups is 2. The number of esters is 1. The highest BCUT2D eigenvalue weighted by atomic mass is 32.1. The van der Waals surface area contributed by atoms with E-state index in [1.807, 2.05) is 51.1 Å². The van der Waals surface area contributed by atoms with Crippen molar-refractivity contribution in [2.75, 3.05) is 6.61 Å². The molecule has 1 N–H and O–H groups in total. The van der Waals surface area contributed by atoms with Crippen LogP contribution in [0.15, 0.2) is 45.9 Å². The Labute approximate surface area is 207 Å². The van der Waals surface area contributed by atoms with E-state index in [1.54, 1.807) is 23.6 Å². The van der Waals surface area contributed by atoms with Gasteiger partial charge in [0.15, 0.2) is 5.76 Å². The van der Waals surface area contributed by atoms with Gasteiger partial charge in [0.25, 0.3) is 0 Å². The van der Waals surface area contributed by atoms with Gasteiger partial charge in [-0.25, -0.2) is 10.2 Å². The lowest BCUT2D eigenvalue weighted by Crippen LogP contribution is -2.16. The molecule has 1 amide bonds. The van der Waals surface area contributed by atoms with E-state index < -0.39 is 5.91 Å². The molecule has 3 heterocycles. The van der Waals surface area contributed by atoms with Crippen LogP contribution in [-0.2, 0) is 17.6 Å². The molecule has 1 aromatic carbocycles. The molecular formula is C27H27N3O4S. The molecule has 1 aliphatic rings. The Morgan fingerprint density at radius 3 is 2.80 bits per heavy atom. The molecule has 1 aliphatic carbocycles. The zero-order valence-corrected chi connectivity index (χ0v) is 20.8. The van der Waals surface area contributed by atoms with Gasteiger partial charge in [-0.3, -0.25) is 4.79 Å². The van der Waals surface area contributed by atoms with E-state index in [-0.39, 0.29) is 11.7 Å². The Hall–Kier alpha value is -3.65. The van der Waals surface area contributed by atoms with Crippen LogP contribution >= 0.6 is 11.3 Å². The fraction of sp³-hybridized carbons (Fsp3) is 0.296. The van der Waals surface area contributed by atoms with Crippen LogP contribution in [0.2, 0.25) is 0 Å². The number of aromatic nitrogens is 1. The van der Waals surface area contributed by atoms with E-state index in [4.69, 9.17) is 9.15 Å². The molecule has 0 spiro atoms. The van der Waals surface area contributed by atoms with E-state index in [9.17, 15) is 9.59 Å². The lowest BCUT2D eigenvalue weighted by Gasteiger charge is -2.13. The topological polar surface area (TPSA) is 85.8 Å². The minimum atomic E-state index is -0.415. The van der Waals surface area contributed by atoms with Crippen LogP contribution in [0.3, 0.4) is 0 Å². The van der Waals surface area contributed by atoms with E-state index in [1.165, 1.54) is 4.88 Å². The fourth-order valence-corrected chi connectivity index (χ4v) is 6.15. The summed E-state index contributed by atoms with van der Waals surface area (Å²) in [5, 5.41) is 5.92.